The van der Waals surface area contributed by atoms with Crippen molar-refractivity contribution in [3.8, 4) is 5.75 Å². The largest absolute Gasteiger partial charge is 0.490 e. The number of carbonyl (C=O) groups excluding carboxylic acids is 1. The molecule has 190 valence electrons. The molecule has 7 heteroatoms. The Balaban J connectivity index is 1.43. The molecular formula is C28H34F3NO3. The van der Waals surface area contributed by atoms with E-state index in [1.54, 1.807) is 18.2 Å². The van der Waals surface area contributed by atoms with Gasteiger partial charge in [0, 0.05) is 18.6 Å². The third-order valence-corrected chi connectivity index (χ3v) is 8.43. The molecule has 0 radical (unpaired) electrons. The molecule has 2 bridgehead atoms. The lowest BCUT2D eigenvalue weighted by atomic mass is 9.89. The molecule has 0 amide bonds. The van der Waals surface area contributed by atoms with E-state index >= 15 is 0 Å². The normalized spacial score (nSPS) is 29.3. The van der Waals surface area contributed by atoms with Gasteiger partial charge in [-0.1, -0.05) is 31.2 Å². The average molecular weight is 490 g/mol. The molecule has 1 aliphatic carbocycles. The molecule has 1 saturated carbocycles. The van der Waals surface area contributed by atoms with Gasteiger partial charge in [-0.3, -0.25) is 9.69 Å². The van der Waals surface area contributed by atoms with Gasteiger partial charge in [0.15, 0.2) is 0 Å². The highest BCUT2D eigenvalue weighted by Gasteiger charge is 2.43. The molecule has 3 fully saturated rings. The molecule has 2 heterocycles. The first kappa shape index (κ1) is 24.4. The van der Waals surface area contributed by atoms with E-state index in [1.807, 2.05) is 6.07 Å². The number of nitrogens with zero attached hydrogens (tertiary/aromatic N) is 1. The number of piperidine rings is 1. The number of benzene rings is 2. The predicted octanol–water partition coefficient (Wildman–Crippen LogP) is 6.73. The summed E-state index contributed by atoms with van der Waals surface area (Å²) in [6.45, 7) is 2.76. The van der Waals surface area contributed by atoms with Crippen LogP contribution in [0.4, 0.5) is 13.2 Å². The average Bonchev–Trinajstić information content (AvgIpc) is 3.05. The summed E-state index contributed by atoms with van der Waals surface area (Å²) in [5, 5.41) is 0.826. The maximum absolute atomic E-state index is 14.3. The number of ether oxygens (including phenoxy) is 2. The SMILES string of the molecule is COC(=O)C1CC2CCC(C1)N2Cc1cccc2c(C(F)(F)F)c(OC3CCC(C)CC3)ccc12. The van der Waals surface area contributed by atoms with Crippen molar-refractivity contribution in [1.82, 2.24) is 4.90 Å². The summed E-state index contributed by atoms with van der Waals surface area (Å²) in [5.74, 6) is 0.312. The van der Waals surface area contributed by atoms with Gasteiger partial charge in [0.2, 0.25) is 0 Å². The summed E-state index contributed by atoms with van der Waals surface area (Å²) in [6.07, 6.45) is 2.40. The van der Waals surface area contributed by atoms with Crippen LogP contribution in [0.1, 0.15) is 69.4 Å². The summed E-state index contributed by atoms with van der Waals surface area (Å²) in [6, 6.07) is 9.04. The van der Waals surface area contributed by atoms with Crippen molar-refractivity contribution in [3.63, 3.8) is 0 Å². The molecule has 2 aromatic rings. The van der Waals surface area contributed by atoms with Crippen LogP contribution in [0.15, 0.2) is 30.3 Å². The van der Waals surface area contributed by atoms with Crippen molar-refractivity contribution in [1.29, 1.82) is 0 Å². The van der Waals surface area contributed by atoms with Gasteiger partial charge in [-0.25, -0.2) is 0 Å². The Bertz CT molecular complexity index is 1060. The van der Waals surface area contributed by atoms with E-state index in [1.165, 1.54) is 13.2 Å². The highest BCUT2D eigenvalue weighted by molar-refractivity contribution is 5.91. The minimum Gasteiger partial charge on any atom is -0.490 e. The molecule has 5 rings (SSSR count). The lowest BCUT2D eigenvalue weighted by Gasteiger charge is -2.38. The van der Waals surface area contributed by atoms with Gasteiger partial charge in [-0.15, -0.1) is 0 Å². The molecule has 0 aromatic heterocycles. The standard InChI is InChI=1S/C28H34F3NO3/c1-17-6-10-22(11-7-17)35-25-13-12-23-18(4-3-5-24(23)26(25)28(29,30)31)16-32-20-8-9-21(32)15-19(14-20)27(33)34-2/h3-5,12-13,17,19-22H,6-11,14-16H2,1-2H3. The van der Waals surface area contributed by atoms with Crippen LogP contribution < -0.4 is 4.74 Å². The molecule has 0 N–H and O–H groups in total. The second-order valence-electron chi connectivity index (χ2n) is 10.7. The van der Waals surface area contributed by atoms with Crippen molar-refractivity contribution in [2.45, 2.75) is 89.2 Å². The Labute approximate surface area is 204 Å². The second-order valence-corrected chi connectivity index (χ2v) is 10.7. The van der Waals surface area contributed by atoms with Gasteiger partial charge < -0.3 is 9.47 Å². The first-order chi connectivity index (χ1) is 16.7. The van der Waals surface area contributed by atoms with Gasteiger partial charge in [-0.2, -0.15) is 13.2 Å². The summed E-state index contributed by atoms with van der Waals surface area (Å²) in [7, 11) is 1.43. The summed E-state index contributed by atoms with van der Waals surface area (Å²) >= 11 is 0. The summed E-state index contributed by atoms with van der Waals surface area (Å²) < 4.78 is 54.0. The monoisotopic (exact) mass is 489 g/mol. The molecule has 3 aliphatic rings. The highest BCUT2D eigenvalue weighted by atomic mass is 19.4. The molecule has 2 atom stereocenters. The van der Waals surface area contributed by atoms with Crippen LogP contribution in [0.5, 0.6) is 5.75 Å². The van der Waals surface area contributed by atoms with E-state index in [4.69, 9.17) is 9.47 Å². The predicted molar refractivity (Wildman–Crippen MR) is 128 cm³/mol. The van der Waals surface area contributed by atoms with Crippen molar-refractivity contribution >= 4 is 16.7 Å². The van der Waals surface area contributed by atoms with E-state index < -0.39 is 11.7 Å². The number of halogens is 3. The fraction of sp³-hybridized carbons (Fsp3) is 0.607. The van der Waals surface area contributed by atoms with Gasteiger partial charge in [0.1, 0.15) is 11.3 Å². The van der Waals surface area contributed by atoms with E-state index in [2.05, 4.69) is 11.8 Å². The number of hydrogen-bond acceptors (Lipinski definition) is 4. The summed E-state index contributed by atoms with van der Waals surface area (Å²) in [4.78, 5) is 14.5. The number of alkyl halides is 3. The number of hydrogen-bond donors (Lipinski definition) is 0. The fourth-order valence-corrected chi connectivity index (χ4v) is 6.55. The second kappa shape index (κ2) is 9.64. The molecule has 2 saturated heterocycles. The van der Waals surface area contributed by atoms with Crippen LogP contribution in [0, 0.1) is 11.8 Å². The van der Waals surface area contributed by atoms with Gasteiger partial charge in [0.05, 0.1) is 19.1 Å². The molecule has 35 heavy (non-hydrogen) atoms. The minimum atomic E-state index is -4.51. The molecular weight excluding hydrogens is 455 g/mol. The number of methoxy groups -OCH3 is 1. The van der Waals surface area contributed by atoms with Gasteiger partial charge >= 0.3 is 12.1 Å². The molecule has 2 unspecified atom stereocenters. The highest BCUT2D eigenvalue weighted by Crippen LogP contribution is 2.45. The third kappa shape index (κ3) is 4.89. The topological polar surface area (TPSA) is 38.8 Å². The molecule has 4 nitrogen and oxygen atoms in total. The number of rotatable bonds is 5. The number of carbonyl (C=O) groups is 1. The van der Waals surface area contributed by atoms with E-state index in [-0.39, 0.29) is 41.2 Å². The van der Waals surface area contributed by atoms with Crippen molar-refractivity contribution < 1.29 is 27.4 Å². The lowest BCUT2D eigenvalue weighted by molar-refractivity contribution is -0.148. The smallest absolute Gasteiger partial charge is 0.420 e. The minimum absolute atomic E-state index is 0.0549. The van der Waals surface area contributed by atoms with E-state index in [0.29, 0.717) is 17.8 Å². The number of fused-ring (bicyclic) bond motifs is 3. The van der Waals surface area contributed by atoms with Crippen LogP contribution in [0.2, 0.25) is 0 Å². The Kier molecular flexibility index (Phi) is 6.73. The molecule has 0 spiro atoms. The Morgan fingerprint density at radius 3 is 2.29 bits per heavy atom. The zero-order valence-electron chi connectivity index (χ0n) is 20.4. The van der Waals surface area contributed by atoms with E-state index in [0.717, 1.165) is 56.9 Å². The van der Waals surface area contributed by atoms with Gasteiger partial charge in [0.25, 0.3) is 0 Å². The first-order valence-corrected chi connectivity index (χ1v) is 12.9. The Hall–Kier alpha value is -2.28. The van der Waals surface area contributed by atoms with Crippen molar-refractivity contribution in [2.75, 3.05) is 7.11 Å². The van der Waals surface area contributed by atoms with Crippen molar-refractivity contribution in [2.24, 2.45) is 11.8 Å². The van der Waals surface area contributed by atoms with Crippen LogP contribution in [-0.2, 0) is 22.3 Å². The summed E-state index contributed by atoms with van der Waals surface area (Å²) in [5.41, 5.74) is 0.224. The van der Waals surface area contributed by atoms with Crippen LogP contribution in [0.3, 0.4) is 0 Å². The van der Waals surface area contributed by atoms with E-state index in [9.17, 15) is 18.0 Å². The van der Waals surface area contributed by atoms with Gasteiger partial charge in [-0.05, 0) is 79.7 Å². The maximum Gasteiger partial charge on any atom is 0.420 e. The molecule has 2 aromatic carbocycles. The fourth-order valence-electron chi connectivity index (χ4n) is 6.55. The molecule has 2 aliphatic heterocycles. The number of esters is 1. The van der Waals surface area contributed by atoms with Crippen LogP contribution >= 0.6 is 0 Å². The first-order valence-electron chi connectivity index (χ1n) is 12.9. The van der Waals surface area contributed by atoms with Crippen LogP contribution in [0.25, 0.3) is 10.8 Å². The quantitative estimate of drug-likeness (QED) is 0.437. The Morgan fingerprint density at radius 1 is 0.971 bits per heavy atom. The Morgan fingerprint density at radius 2 is 1.66 bits per heavy atom. The zero-order valence-corrected chi connectivity index (χ0v) is 20.4. The lowest BCUT2D eigenvalue weighted by Crippen LogP contribution is -2.44. The van der Waals surface area contributed by atoms with Crippen molar-refractivity contribution in [3.05, 3.63) is 41.5 Å². The van der Waals surface area contributed by atoms with Crippen LogP contribution in [-0.4, -0.2) is 36.2 Å². The zero-order chi connectivity index (χ0) is 24.7. The third-order valence-electron chi connectivity index (χ3n) is 8.43. The maximum atomic E-state index is 14.3.